The molecule has 72 valence electrons. The molecule has 0 spiro atoms. The third-order valence-corrected chi connectivity index (χ3v) is 3.11. The van der Waals surface area contributed by atoms with Gasteiger partial charge in [0.2, 0.25) is 0 Å². The van der Waals surface area contributed by atoms with Gasteiger partial charge in [-0.1, -0.05) is 20.3 Å². The molecule has 1 aliphatic carbocycles. The lowest BCUT2D eigenvalue weighted by atomic mass is 9.84. The second kappa shape index (κ2) is 5.58. The van der Waals surface area contributed by atoms with E-state index in [-0.39, 0.29) is 0 Å². The molecular formula is C11H23N. The van der Waals surface area contributed by atoms with Gasteiger partial charge >= 0.3 is 0 Å². The van der Waals surface area contributed by atoms with E-state index in [9.17, 15) is 0 Å². The minimum Gasteiger partial charge on any atom is -0.314 e. The highest BCUT2D eigenvalue weighted by molar-refractivity contribution is 4.76. The van der Waals surface area contributed by atoms with Crippen LogP contribution in [0.25, 0.3) is 0 Å². The lowest BCUT2D eigenvalue weighted by Gasteiger charge is -2.28. The normalized spacial score (nSPS) is 30.5. The Kier molecular flexibility index (Phi) is 4.67. The lowest BCUT2D eigenvalue weighted by molar-refractivity contribution is 0.287. The van der Waals surface area contributed by atoms with Crippen molar-refractivity contribution in [1.82, 2.24) is 5.32 Å². The molecule has 1 rings (SSSR count). The van der Waals surface area contributed by atoms with Crippen molar-refractivity contribution in [2.75, 3.05) is 6.54 Å². The van der Waals surface area contributed by atoms with E-state index < -0.39 is 0 Å². The molecule has 0 saturated heterocycles. The molecular weight excluding hydrogens is 146 g/mol. The molecule has 12 heavy (non-hydrogen) atoms. The first-order valence-corrected chi connectivity index (χ1v) is 5.60. The Bertz CT molecular complexity index is 104. The van der Waals surface area contributed by atoms with Crippen LogP contribution in [0.3, 0.4) is 0 Å². The summed E-state index contributed by atoms with van der Waals surface area (Å²) in [7, 11) is 0. The highest BCUT2D eigenvalue weighted by atomic mass is 14.9. The fraction of sp³-hybridized carbons (Fsp3) is 1.00. The summed E-state index contributed by atoms with van der Waals surface area (Å²) in [5.41, 5.74) is 0. The Morgan fingerprint density at radius 3 is 2.25 bits per heavy atom. The van der Waals surface area contributed by atoms with Gasteiger partial charge in [-0.3, -0.25) is 0 Å². The molecule has 0 bridgehead atoms. The average Bonchev–Trinajstić information content (AvgIpc) is 2.15. The second-order valence-electron chi connectivity index (χ2n) is 4.08. The Balaban J connectivity index is 2.09. The zero-order valence-corrected chi connectivity index (χ0v) is 8.60. The summed E-state index contributed by atoms with van der Waals surface area (Å²) in [4.78, 5) is 0. The quantitative estimate of drug-likeness (QED) is 0.682. The number of rotatable bonds is 4. The van der Waals surface area contributed by atoms with E-state index >= 15 is 0 Å². The van der Waals surface area contributed by atoms with Crippen molar-refractivity contribution in [1.29, 1.82) is 0 Å². The van der Waals surface area contributed by atoms with Gasteiger partial charge in [0.15, 0.2) is 0 Å². The summed E-state index contributed by atoms with van der Waals surface area (Å²) in [5, 5.41) is 3.62. The van der Waals surface area contributed by atoms with Crippen LogP contribution < -0.4 is 5.32 Å². The molecule has 1 aliphatic rings. The first kappa shape index (κ1) is 10.0. The van der Waals surface area contributed by atoms with Crippen LogP contribution in [0.5, 0.6) is 0 Å². The molecule has 1 fully saturated rings. The topological polar surface area (TPSA) is 12.0 Å². The molecule has 0 aromatic rings. The average molecular weight is 169 g/mol. The van der Waals surface area contributed by atoms with E-state index in [1.54, 1.807) is 0 Å². The summed E-state index contributed by atoms with van der Waals surface area (Å²) in [5.74, 6) is 1.03. The van der Waals surface area contributed by atoms with Crippen LogP contribution in [0.15, 0.2) is 0 Å². The van der Waals surface area contributed by atoms with Crippen molar-refractivity contribution in [2.24, 2.45) is 5.92 Å². The minimum absolute atomic E-state index is 0.841. The molecule has 0 amide bonds. The zero-order valence-electron chi connectivity index (χ0n) is 8.60. The predicted octanol–water partition coefficient (Wildman–Crippen LogP) is 2.95. The highest BCUT2D eigenvalue weighted by Crippen LogP contribution is 2.26. The van der Waals surface area contributed by atoms with Crippen LogP contribution in [0.2, 0.25) is 0 Å². The third-order valence-electron chi connectivity index (χ3n) is 3.11. The highest BCUT2D eigenvalue weighted by Gasteiger charge is 2.18. The molecule has 0 heterocycles. The summed E-state index contributed by atoms with van der Waals surface area (Å²) < 4.78 is 0. The first-order chi connectivity index (χ1) is 5.86. The van der Waals surface area contributed by atoms with Crippen molar-refractivity contribution < 1.29 is 0 Å². The van der Waals surface area contributed by atoms with E-state index in [0.717, 1.165) is 12.0 Å². The second-order valence-corrected chi connectivity index (χ2v) is 4.08. The molecule has 0 radical (unpaired) electrons. The minimum atomic E-state index is 0.841. The van der Waals surface area contributed by atoms with Gasteiger partial charge in [-0.05, 0) is 44.6 Å². The van der Waals surface area contributed by atoms with Crippen LogP contribution in [0.1, 0.15) is 52.4 Å². The van der Waals surface area contributed by atoms with E-state index in [1.165, 1.54) is 45.1 Å². The van der Waals surface area contributed by atoms with Crippen molar-refractivity contribution >= 4 is 0 Å². The van der Waals surface area contributed by atoms with Gasteiger partial charge in [0.1, 0.15) is 0 Å². The van der Waals surface area contributed by atoms with Crippen molar-refractivity contribution in [3.05, 3.63) is 0 Å². The van der Waals surface area contributed by atoms with Gasteiger partial charge in [-0.25, -0.2) is 0 Å². The fourth-order valence-corrected chi connectivity index (χ4v) is 2.12. The van der Waals surface area contributed by atoms with Gasteiger partial charge in [0.05, 0.1) is 0 Å². The number of nitrogens with one attached hydrogen (secondary N) is 1. The van der Waals surface area contributed by atoms with Gasteiger partial charge in [0.25, 0.3) is 0 Å². The van der Waals surface area contributed by atoms with Crippen LogP contribution in [0.4, 0.5) is 0 Å². The summed E-state index contributed by atoms with van der Waals surface area (Å²) in [6.45, 7) is 5.77. The third kappa shape index (κ3) is 3.14. The molecule has 0 atom stereocenters. The summed E-state index contributed by atoms with van der Waals surface area (Å²) in [6.07, 6.45) is 8.40. The fourth-order valence-electron chi connectivity index (χ4n) is 2.12. The standard InChI is InChI=1S/C11H23N/c1-3-9-12-11-7-5-10(4-2)6-8-11/h10-12H,3-9H2,1-2H3. The van der Waals surface area contributed by atoms with Crippen LogP contribution >= 0.6 is 0 Å². The maximum atomic E-state index is 3.62. The summed E-state index contributed by atoms with van der Waals surface area (Å²) in [6, 6.07) is 0.841. The van der Waals surface area contributed by atoms with E-state index in [0.29, 0.717) is 0 Å². The largest absolute Gasteiger partial charge is 0.314 e. The maximum absolute atomic E-state index is 3.62. The predicted molar refractivity (Wildman–Crippen MR) is 54.3 cm³/mol. The Morgan fingerprint density at radius 2 is 1.75 bits per heavy atom. The Hall–Kier alpha value is -0.0400. The Morgan fingerprint density at radius 1 is 1.08 bits per heavy atom. The van der Waals surface area contributed by atoms with Crippen LogP contribution in [-0.2, 0) is 0 Å². The Labute approximate surface area is 76.9 Å². The van der Waals surface area contributed by atoms with Gasteiger partial charge < -0.3 is 5.32 Å². The number of hydrogen-bond acceptors (Lipinski definition) is 1. The molecule has 1 heteroatoms. The first-order valence-electron chi connectivity index (χ1n) is 5.60. The molecule has 0 aromatic carbocycles. The molecule has 0 aliphatic heterocycles. The van der Waals surface area contributed by atoms with Crippen molar-refractivity contribution in [3.63, 3.8) is 0 Å². The van der Waals surface area contributed by atoms with E-state index in [1.807, 2.05) is 0 Å². The van der Waals surface area contributed by atoms with E-state index in [4.69, 9.17) is 0 Å². The molecule has 1 nitrogen and oxygen atoms in total. The molecule has 1 saturated carbocycles. The molecule has 0 unspecified atom stereocenters. The van der Waals surface area contributed by atoms with Crippen molar-refractivity contribution in [3.8, 4) is 0 Å². The molecule has 0 aromatic heterocycles. The van der Waals surface area contributed by atoms with E-state index in [2.05, 4.69) is 19.2 Å². The van der Waals surface area contributed by atoms with Gasteiger partial charge in [0, 0.05) is 6.04 Å². The van der Waals surface area contributed by atoms with Crippen LogP contribution in [0, 0.1) is 5.92 Å². The van der Waals surface area contributed by atoms with Gasteiger partial charge in [-0.2, -0.15) is 0 Å². The summed E-state index contributed by atoms with van der Waals surface area (Å²) >= 11 is 0. The van der Waals surface area contributed by atoms with Crippen LogP contribution in [-0.4, -0.2) is 12.6 Å². The monoisotopic (exact) mass is 169 g/mol. The smallest absolute Gasteiger partial charge is 0.00672 e. The zero-order chi connectivity index (χ0) is 8.81. The van der Waals surface area contributed by atoms with Gasteiger partial charge in [-0.15, -0.1) is 0 Å². The van der Waals surface area contributed by atoms with Crippen molar-refractivity contribution in [2.45, 2.75) is 58.4 Å². The lowest BCUT2D eigenvalue weighted by Crippen LogP contribution is -2.33. The maximum Gasteiger partial charge on any atom is 0.00672 e. The molecule has 1 N–H and O–H groups in total. The SMILES string of the molecule is CCCNC1CCC(CC)CC1. The number of hydrogen-bond donors (Lipinski definition) is 1.